The Kier molecular flexibility index (Phi) is 20.6. The fourth-order valence-electron chi connectivity index (χ4n) is 0. The molecule has 0 unspecified atom stereocenters. The van der Waals surface area contributed by atoms with E-state index in [9.17, 15) is 0 Å². The molecule has 0 aliphatic rings. The van der Waals surface area contributed by atoms with Gasteiger partial charge in [0.25, 0.3) is 0 Å². The van der Waals surface area contributed by atoms with E-state index in [0.717, 1.165) is 0 Å². The van der Waals surface area contributed by atoms with Crippen LogP contribution in [0.4, 0.5) is 0 Å². The molecule has 0 amide bonds. The molecule has 2 N–H and O–H groups in total. The molecule has 0 bridgehead atoms. The van der Waals surface area contributed by atoms with Crippen molar-refractivity contribution in [3.63, 3.8) is 0 Å². The number of rotatable bonds is 0. The molecule has 26 valence electrons. The first-order valence-corrected chi connectivity index (χ1v) is 1.71. The van der Waals surface area contributed by atoms with E-state index in [-0.39, 0.29) is 26.2 Å². The Morgan fingerprint density at radius 1 is 1.75 bits per heavy atom. The Morgan fingerprint density at radius 3 is 1.75 bits per heavy atom. The van der Waals surface area contributed by atoms with Crippen molar-refractivity contribution >= 4 is 35.8 Å². The summed E-state index contributed by atoms with van der Waals surface area (Å²) in [6.45, 7) is 0. The van der Waals surface area contributed by atoms with Crippen LogP contribution in [0.15, 0.2) is 0 Å². The zero-order valence-electron chi connectivity index (χ0n) is 2.27. The summed E-state index contributed by atoms with van der Waals surface area (Å²) in [5.41, 5.74) is 0. The Bertz CT molecular complexity index is 15.5. The molecule has 0 atom stereocenters. The van der Waals surface area contributed by atoms with Crippen molar-refractivity contribution in [2.45, 2.75) is 0 Å². The van der Waals surface area contributed by atoms with Gasteiger partial charge < -0.3 is 9.86 Å². The molecule has 0 aromatic heterocycles. The van der Waals surface area contributed by atoms with Gasteiger partial charge in [-0.2, -0.15) is 0 Å². The number of nitrogens with two attached hydrogens (primary N) is 1. The molecular formula is H6BiNOSi. The Balaban J connectivity index is 0. The Labute approximate surface area is 45.8 Å². The zero-order chi connectivity index (χ0) is 2.71. The van der Waals surface area contributed by atoms with Crippen LogP contribution >= 0.6 is 0 Å². The van der Waals surface area contributed by atoms with E-state index in [1.165, 1.54) is 0 Å². The van der Waals surface area contributed by atoms with Crippen LogP contribution in [0.25, 0.3) is 0 Å². The van der Waals surface area contributed by atoms with Gasteiger partial charge in [-0.15, -0.1) is 0 Å². The van der Waals surface area contributed by atoms with Crippen molar-refractivity contribution in [2.24, 2.45) is 5.40 Å². The molecule has 0 rings (SSSR count). The molecule has 0 aromatic rings. The fraction of sp³-hybridized carbons (Fsp3) is 0. The molecule has 0 aliphatic carbocycles. The first-order valence-electron chi connectivity index (χ1n) is 0.569. The minimum atomic E-state index is -1.00. The van der Waals surface area contributed by atoms with Gasteiger partial charge in [0.15, 0.2) is 0 Å². The summed E-state index contributed by atoms with van der Waals surface area (Å²) in [7, 11) is -1.00. The summed E-state index contributed by atoms with van der Waals surface area (Å²) in [5.74, 6) is 0. The van der Waals surface area contributed by atoms with Crippen LogP contribution in [0.1, 0.15) is 0 Å². The molecule has 0 saturated carbocycles. The SMILES string of the molecule is N[SiH]=O.[BiH3]. The third-order valence-electron chi connectivity index (χ3n) is 0. The zero-order valence-corrected chi connectivity index (χ0v) is 8.92. The molecule has 0 spiro atoms. The molecule has 0 aliphatic heterocycles. The van der Waals surface area contributed by atoms with Gasteiger partial charge in [-0.05, 0) is 0 Å². The van der Waals surface area contributed by atoms with Gasteiger partial charge >= 0.3 is 35.8 Å². The van der Waals surface area contributed by atoms with Crippen LogP contribution in [0, 0.1) is 0 Å². The molecule has 2 nitrogen and oxygen atoms in total. The summed E-state index contributed by atoms with van der Waals surface area (Å²) in [6, 6.07) is 0. The predicted molar refractivity (Wildman–Crippen MR) is 22.0 cm³/mol. The van der Waals surface area contributed by atoms with E-state index in [4.69, 9.17) is 4.46 Å². The first-order chi connectivity index (χ1) is 1.41. The second-order valence-corrected chi connectivity index (χ2v) is 0.408. The van der Waals surface area contributed by atoms with E-state index in [1.54, 1.807) is 0 Å². The third kappa shape index (κ3) is 15.9. The van der Waals surface area contributed by atoms with E-state index in [1.807, 2.05) is 0 Å². The second-order valence-electron chi connectivity index (χ2n) is 0.136. The molecule has 0 heterocycles. The fourth-order valence-corrected chi connectivity index (χ4v) is 0. The van der Waals surface area contributed by atoms with E-state index >= 15 is 0 Å². The summed E-state index contributed by atoms with van der Waals surface area (Å²) in [5, 5.41) is 4.38. The second kappa shape index (κ2) is 9.33. The number of hydrogen-bond acceptors (Lipinski definition) is 1. The standard InChI is InChI=1S/Bi.H3NOSi.3H/c;1-3-2;;;/h;3H,1H2;;;. The van der Waals surface area contributed by atoms with Crippen molar-refractivity contribution in [3.05, 3.63) is 0 Å². The summed E-state index contributed by atoms with van der Waals surface area (Å²) >= 11 is 0. The average Bonchev–Trinajstić information content (AvgIpc) is 0.918. The van der Waals surface area contributed by atoms with Crippen LogP contribution < -0.4 is 5.40 Å². The first kappa shape index (κ1) is 8.83. The maximum absolute atomic E-state index is 8.79. The van der Waals surface area contributed by atoms with Gasteiger partial charge in [0.2, 0.25) is 0 Å². The van der Waals surface area contributed by atoms with E-state index in [2.05, 4.69) is 5.40 Å². The Morgan fingerprint density at radius 2 is 1.75 bits per heavy atom. The van der Waals surface area contributed by atoms with Crippen LogP contribution in [-0.4, -0.2) is 35.8 Å². The van der Waals surface area contributed by atoms with Crippen LogP contribution in [0.3, 0.4) is 0 Å². The molecule has 0 saturated heterocycles. The van der Waals surface area contributed by atoms with E-state index in [0.29, 0.717) is 0 Å². The van der Waals surface area contributed by atoms with Crippen LogP contribution in [0.5, 0.6) is 0 Å². The molecular weight excluding hydrogens is 267 g/mol. The van der Waals surface area contributed by atoms with Gasteiger partial charge in [0, 0.05) is 0 Å². The molecule has 0 aromatic carbocycles. The average molecular weight is 273 g/mol. The van der Waals surface area contributed by atoms with Crippen LogP contribution in [0.2, 0.25) is 0 Å². The Hall–Kier alpha value is 0.700. The van der Waals surface area contributed by atoms with Gasteiger partial charge in [-0.3, -0.25) is 0 Å². The minimum absolute atomic E-state index is 0. The normalized spacial score (nSPS) is 3.00. The van der Waals surface area contributed by atoms with Crippen molar-refractivity contribution in [1.29, 1.82) is 0 Å². The third-order valence-corrected chi connectivity index (χ3v) is 0. The molecule has 0 fully saturated rings. The summed E-state index contributed by atoms with van der Waals surface area (Å²) in [6.07, 6.45) is 0. The van der Waals surface area contributed by atoms with Crippen LogP contribution in [-0.2, 0) is 4.46 Å². The van der Waals surface area contributed by atoms with Crippen molar-refractivity contribution in [2.75, 3.05) is 0 Å². The molecule has 4 heteroatoms. The van der Waals surface area contributed by atoms with Gasteiger partial charge in [0.05, 0.1) is 0 Å². The van der Waals surface area contributed by atoms with E-state index < -0.39 is 9.57 Å². The maximum atomic E-state index is 8.79. The van der Waals surface area contributed by atoms with Gasteiger partial charge in [-0.1, -0.05) is 0 Å². The number of hydrogen-bond donors (Lipinski definition) is 1. The summed E-state index contributed by atoms with van der Waals surface area (Å²) in [4.78, 5) is 0. The topological polar surface area (TPSA) is 43.1 Å². The molecule has 0 radical (unpaired) electrons. The quantitative estimate of drug-likeness (QED) is 0.494. The van der Waals surface area contributed by atoms with Gasteiger partial charge in [0.1, 0.15) is 0 Å². The summed E-state index contributed by atoms with van der Waals surface area (Å²) < 4.78 is 8.79. The van der Waals surface area contributed by atoms with Gasteiger partial charge in [-0.25, -0.2) is 0 Å². The predicted octanol–water partition coefficient (Wildman–Crippen LogP) is -2.54. The van der Waals surface area contributed by atoms with Crippen molar-refractivity contribution < 1.29 is 4.46 Å². The monoisotopic (exact) mass is 273 g/mol. The van der Waals surface area contributed by atoms with Crippen molar-refractivity contribution in [1.82, 2.24) is 0 Å². The van der Waals surface area contributed by atoms with Crippen molar-refractivity contribution in [3.8, 4) is 0 Å². The molecule has 4 heavy (non-hydrogen) atoms.